The van der Waals surface area contributed by atoms with E-state index < -0.39 is 0 Å². The lowest BCUT2D eigenvalue weighted by atomic mass is 10.1. The molecule has 4 heteroatoms. The number of methoxy groups -OCH3 is 1. The van der Waals surface area contributed by atoms with Crippen LogP contribution in [-0.2, 0) is 0 Å². The first-order chi connectivity index (χ1) is 15.2. The Morgan fingerprint density at radius 2 is 1.44 bits per heavy atom. The molecule has 0 saturated heterocycles. The van der Waals surface area contributed by atoms with Crippen LogP contribution in [0.1, 0.15) is 77.6 Å². The second-order valence-corrected chi connectivity index (χ2v) is 8.63. The average molecular weight is 440 g/mol. The van der Waals surface area contributed by atoms with E-state index in [9.17, 15) is 4.79 Å². The van der Waals surface area contributed by atoms with E-state index in [4.69, 9.17) is 9.47 Å². The molecule has 0 atom stereocenters. The predicted molar refractivity (Wildman–Crippen MR) is 136 cm³/mol. The molecule has 0 aliphatic carbocycles. The van der Waals surface area contributed by atoms with E-state index in [1.165, 1.54) is 22.3 Å². The summed E-state index contributed by atoms with van der Waals surface area (Å²) < 4.78 is 11.3. The van der Waals surface area contributed by atoms with Gasteiger partial charge >= 0.3 is 0 Å². The van der Waals surface area contributed by atoms with Gasteiger partial charge in [0.2, 0.25) is 0 Å². The summed E-state index contributed by atoms with van der Waals surface area (Å²) in [7, 11) is 1.60. The lowest BCUT2D eigenvalue weighted by Crippen LogP contribution is -2.23. The standard InChI is InChI=1S/C28H41NO3/c1-21(2)10-8-12-23(5)16-18-29-28(30)25-14-15-26(31-7)27(20-25)32-19-17-24(6)13-9-11-22(3)4/h10-11,14-17,20H,8-9,12-13,18-19H2,1-7H3,(H,29,30). The zero-order chi connectivity index (χ0) is 23.9. The number of hydrogen-bond acceptors (Lipinski definition) is 3. The Hall–Kier alpha value is -2.75. The van der Waals surface area contributed by atoms with Crippen LogP contribution in [0.15, 0.2) is 64.8 Å². The Labute approximate surface area is 195 Å². The molecule has 1 aromatic carbocycles. The zero-order valence-electron chi connectivity index (χ0n) is 21.0. The molecule has 0 fully saturated rings. The van der Waals surface area contributed by atoms with Gasteiger partial charge in [0.25, 0.3) is 5.91 Å². The number of amides is 1. The Morgan fingerprint density at radius 1 is 0.844 bits per heavy atom. The van der Waals surface area contributed by atoms with Crippen molar-refractivity contribution < 1.29 is 14.3 Å². The lowest BCUT2D eigenvalue weighted by molar-refractivity contribution is 0.0957. The van der Waals surface area contributed by atoms with Gasteiger partial charge in [0.1, 0.15) is 6.61 Å². The van der Waals surface area contributed by atoms with E-state index in [2.05, 4.69) is 71.2 Å². The van der Waals surface area contributed by atoms with Crippen LogP contribution in [0.5, 0.6) is 11.5 Å². The number of benzene rings is 1. The highest BCUT2D eigenvalue weighted by atomic mass is 16.5. The Balaban J connectivity index is 2.65. The monoisotopic (exact) mass is 439 g/mol. The maximum absolute atomic E-state index is 12.6. The van der Waals surface area contributed by atoms with Crippen molar-refractivity contribution in [2.24, 2.45) is 0 Å². The van der Waals surface area contributed by atoms with E-state index in [1.54, 1.807) is 25.3 Å². The largest absolute Gasteiger partial charge is 0.493 e. The smallest absolute Gasteiger partial charge is 0.251 e. The molecule has 1 rings (SSSR count). The molecule has 0 aliphatic rings. The molecule has 0 aliphatic heterocycles. The molecule has 0 bridgehead atoms. The van der Waals surface area contributed by atoms with Gasteiger partial charge in [0.15, 0.2) is 11.5 Å². The summed E-state index contributed by atoms with van der Waals surface area (Å²) in [6.45, 7) is 13.6. The highest BCUT2D eigenvalue weighted by Crippen LogP contribution is 2.28. The Bertz CT molecular complexity index is 851. The zero-order valence-corrected chi connectivity index (χ0v) is 21.0. The number of carbonyl (C=O) groups is 1. The number of carbonyl (C=O) groups excluding carboxylic acids is 1. The molecular formula is C28H41NO3. The van der Waals surface area contributed by atoms with Crippen LogP contribution in [0.3, 0.4) is 0 Å². The molecule has 1 N–H and O–H groups in total. The van der Waals surface area contributed by atoms with E-state index in [0.717, 1.165) is 25.7 Å². The van der Waals surface area contributed by atoms with Gasteiger partial charge in [-0.3, -0.25) is 4.79 Å². The van der Waals surface area contributed by atoms with Crippen molar-refractivity contribution in [2.75, 3.05) is 20.3 Å². The summed E-state index contributed by atoms with van der Waals surface area (Å²) in [4.78, 5) is 12.6. The summed E-state index contributed by atoms with van der Waals surface area (Å²) in [5.41, 5.74) is 5.78. The third-order valence-corrected chi connectivity index (χ3v) is 4.99. The second kappa shape index (κ2) is 15.1. The first kappa shape index (κ1) is 27.3. The maximum atomic E-state index is 12.6. The normalized spacial score (nSPS) is 11.6. The fraction of sp³-hybridized carbons (Fsp3) is 0.464. The molecule has 0 heterocycles. The van der Waals surface area contributed by atoms with Gasteiger partial charge in [-0.25, -0.2) is 0 Å². The molecule has 1 amide bonds. The lowest BCUT2D eigenvalue weighted by Gasteiger charge is -2.12. The number of rotatable bonds is 13. The minimum atomic E-state index is -0.126. The van der Waals surface area contributed by atoms with Gasteiger partial charge in [0, 0.05) is 12.1 Å². The van der Waals surface area contributed by atoms with Gasteiger partial charge in [-0.15, -0.1) is 0 Å². The van der Waals surface area contributed by atoms with Crippen LogP contribution in [0, 0.1) is 0 Å². The quantitative estimate of drug-likeness (QED) is 0.331. The van der Waals surface area contributed by atoms with Gasteiger partial charge in [-0.2, -0.15) is 0 Å². The summed E-state index contributed by atoms with van der Waals surface area (Å²) in [5.74, 6) is 1.06. The van der Waals surface area contributed by atoms with Crippen LogP contribution in [0.4, 0.5) is 0 Å². The Morgan fingerprint density at radius 3 is 2.00 bits per heavy atom. The van der Waals surface area contributed by atoms with Crippen molar-refractivity contribution in [3.8, 4) is 11.5 Å². The van der Waals surface area contributed by atoms with Crippen LogP contribution < -0.4 is 14.8 Å². The van der Waals surface area contributed by atoms with Gasteiger partial charge < -0.3 is 14.8 Å². The van der Waals surface area contributed by atoms with Crippen LogP contribution in [0.2, 0.25) is 0 Å². The molecule has 176 valence electrons. The molecule has 1 aromatic rings. The highest BCUT2D eigenvalue weighted by Gasteiger charge is 2.10. The predicted octanol–water partition coefficient (Wildman–Crippen LogP) is 7.19. The summed E-state index contributed by atoms with van der Waals surface area (Å²) in [5, 5.41) is 2.96. The fourth-order valence-electron chi connectivity index (χ4n) is 3.01. The Kier molecular flexibility index (Phi) is 12.9. The highest BCUT2D eigenvalue weighted by molar-refractivity contribution is 5.95. The molecular weight excluding hydrogens is 398 g/mol. The topological polar surface area (TPSA) is 47.6 Å². The van der Waals surface area contributed by atoms with E-state index in [-0.39, 0.29) is 5.91 Å². The minimum absolute atomic E-state index is 0.126. The molecule has 0 radical (unpaired) electrons. The molecule has 0 spiro atoms. The number of nitrogens with one attached hydrogen (secondary N) is 1. The minimum Gasteiger partial charge on any atom is -0.493 e. The van der Waals surface area contributed by atoms with Gasteiger partial charge in [-0.1, -0.05) is 40.5 Å². The molecule has 0 aromatic heterocycles. The van der Waals surface area contributed by atoms with Gasteiger partial charge in [-0.05, 0) is 91.5 Å². The van der Waals surface area contributed by atoms with Crippen LogP contribution in [0.25, 0.3) is 0 Å². The maximum Gasteiger partial charge on any atom is 0.251 e. The summed E-state index contributed by atoms with van der Waals surface area (Å²) in [6.07, 6.45) is 12.7. The number of ether oxygens (including phenoxy) is 2. The average Bonchev–Trinajstić information content (AvgIpc) is 2.73. The number of allylic oxidation sites excluding steroid dienone is 6. The number of hydrogen-bond donors (Lipinski definition) is 1. The third-order valence-electron chi connectivity index (χ3n) is 4.99. The van der Waals surface area contributed by atoms with Crippen LogP contribution in [-0.4, -0.2) is 26.2 Å². The van der Waals surface area contributed by atoms with E-state index >= 15 is 0 Å². The molecule has 4 nitrogen and oxygen atoms in total. The van der Waals surface area contributed by atoms with Crippen LogP contribution >= 0.6 is 0 Å². The van der Waals surface area contributed by atoms with Gasteiger partial charge in [0.05, 0.1) is 7.11 Å². The van der Waals surface area contributed by atoms with Crippen molar-refractivity contribution >= 4 is 5.91 Å². The van der Waals surface area contributed by atoms with E-state index in [1.807, 2.05) is 0 Å². The fourth-order valence-corrected chi connectivity index (χ4v) is 3.01. The van der Waals surface area contributed by atoms with Crippen molar-refractivity contribution in [1.29, 1.82) is 0 Å². The molecule has 32 heavy (non-hydrogen) atoms. The van der Waals surface area contributed by atoms with Crippen molar-refractivity contribution in [3.63, 3.8) is 0 Å². The summed E-state index contributed by atoms with van der Waals surface area (Å²) in [6, 6.07) is 5.27. The van der Waals surface area contributed by atoms with Crippen molar-refractivity contribution in [1.82, 2.24) is 5.32 Å². The first-order valence-electron chi connectivity index (χ1n) is 11.4. The third kappa shape index (κ3) is 11.6. The van der Waals surface area contributed by atoms with Crippen molar-refractivity contribution in [2.45, 2.75) is 67.2 Å². The first-order valence-corrected chi connectivity index (χ1v) is 11.4. The molecule has 0 saturated carbocycles. The van der Waals surface area contributed by atoms with E-state index in [0.29, 0.717) is 30.2 Å². The summed E-state index contributed by atoms with van der Waals surface area (Å²) >= 11 is 0. The SMILES string of the molecule is COc1ccc(C(=O)NCC=C(C)CCC=C(C)C)cc1OCC=C(C)CCC=C(C)C. The molecule has 0 unspecified atom stereocenters. The van der Waals surface area contributed by atoms with Crippen molar-refractivity contribution in [3.05, 3.63) is 70.4 Å². The second-order valence-electron chi connectivity index (χ2n) is 8.63.